The van der Waals surface area contributed by atoms with E-state index in [1.165, 1.54) is 0 Å². The van der Waals surface area contributed by atoms with Crippen LogP contribution >= 0.6 is 0 Å². The second kappa shape index (κ2) is 81.0. The van der Waals surface area contributed by atoms with Crippen molar-refractivity contribution in [3.05, 3.63) is 33.3 Å². The summed E-state index contributed by atoms with van der Waals surface area (Å²) in [6, 6.07) is 0.557. The van der Waals surface area contributed by atoms with E-state index in [1.807, 2.05) is 6.92 Å². The number of nitrogens with one attached hydrogen (secondary N) is 1. The van der Waals surface area contributed by atoms with Gasteiger partial charge in [0.05, 0.1) is 0 Å². The van der Waals surface area contributed by atoms with Crippen molar-refractivity contribution in [2.45, 2.75) is 26.8 Å². The zero-order chi connectivity index (χ0) is 15.9. The molecule has 7 heteroatoms. The van der Waals surface area contributed by atoms with Crippen molar-refractivity contribution in [1.82, 2.24) is 5.32 Å². The van der Waals surface area contributed by atoms with Gasteiger partial charge in [-0.2, -0.15) is 0 Å². The second-order valence-electron chi connectivity index (χ2n) is 1.86. The Labute approximate surface area is 109 Å². The minimum atomic E-state index is 0.557. The molecule has 0 saturated carbocycles. The Balaban J connectivity index is -0.0000000257. The van der Waals surface area contributed by atoms with Crippen LogP contribution in [0.1, 0.15) is 20.8 Å². The first-order valence-corrected chi connectivity index (χ1v) is 4.06. The molecule has 0 aliphatic heterocycles. The van der Waals surface area contributed by atoms with Gasteiger partial charge in [0.15, 0.2) is 0 Å². The second-order valence-corrected chi connectivity index (χ2v) is 2.81. The summed E-state index contributed by atoms with van der Waals surface area (Å²) in [7, 11) is 0. The molecule has 0 saturated heterocycles. The van der Waals surface area contributed by atoms with Crippen LogP contribution in [0.5, 0.6) is 0 Å². The third-order valence-corrected chi connectivity index (χ3v) is 0.676. The molecule has 0 amide bonds. The summed E-state index contributed by atoms with van der Waals surface area (Å²) in [5.41, 5.74) is 0. The van der Waals surface area contributed by atoms with Gasteiger partial charge in [-0.3, -0.25) is 0 Å². The molecule has 0 aromatic carbocycles. The first-order chi connectivity index (χ1) is 8.13. The summed E-state index contributed by atoms with van der Waals surface area (Å²) in [4.78, 5) is 0. The first-order valence-electron chi connectivity index (χ1n) is 3.42. The Kier molecular flexibility index (Phi) is 172. The number of hydrogen-bond donors (Lipinski definition) is 1. The van der Waals surface area contributed by atoms with Gasteiger partial charge < -0.3 is 0 Å². The van der Waals surface area contributed by atoms with Gasteiger partial charge in [-0.1, -0.05) is 0 Å². The van der Waals surface area contributed by atoms with Crippen molar-refractivity contribution in [3.8, 4) is 0 Å². The molecule has 0 heterocycles. The Morgan fingerprint density at radius 2 is 1.00 bits per heavy atom. The monoisotopic (exact) mass is 277 g/mol. The molecule has 0 aliphatic rings. The van der Waals surface area contributed by atoms with Gasteiger partial charge in [-0.25, -0.2) is 0 Å². The number of rotatable bonds is 2. The maximum atomic E-state index is 7.50. The van der Waals surface area contributed by atoms with Crippen molar-refractivity contribution in [2.75, 3.05) is 0 Å². The van der Waals surface area contributed by atoms with E-state index in [2.05, 4.69) is 68.3 Å². The quantitative estimate of drug-likeness (QED) is 0.575. The zero-order valence-electron chi connectivity index (χ0n) is 9.53. The van der Waals surface area contributed by atoms with Gasteiger partial charge in [0.1, 0.15) is 0 Å². The van der Waals surface area contributed by atoms with Gasteiger partial charge in [0.2, 0.25) is 0 Å². The van der Waals surface area contributed by atoms with Crippen molar-refractivity contribution in [2.24, 2.45) is 0 Å². The Bertz CT molecular complexity index is 192. The third-order valence-electron chi connectivity index (χ3n) is 0.492. The van der Waals surface area contributed by atoms with Crippen LogP contribution in [-0.2, 0) is 39.1 Å². The summed E-state index contributed by atoms with van der Waals surface area (Å²) in [5, 5.41) is 3.17. The van der Waals surface area contributed by atoms with Crippen LogP contribution in [0.15, 0.2) is 0 Å². The molecule has 0 aromatic rings. The van der Waals surface area contributed by atoms with Crippen LogP contribution in [0.4, 0.5) is 0 Å². The van der Waals surface area contributed by atoms with Crippen LogP contribution in [0.25, 0.3) is 0 Å². The fourth-order valence-electron chi connectivity index (χ4n) is 0.407. The van der Waals surface area contributed by atoms with Crippen molar-refractivity contribution >= 4 is 4.50 Å². The molecular weight excluding hydrogens is 266 g/mol. The minimum absolute atomic E-state index is 0.557. The fourth-order valence-corrected chi connectivity index (χ4v) is 0.775. The van der Waals surface area contributed by atoms with E-state index in [-0.39, 0.29) is 0 Å². The zero-order valence-corrected chi connectivity index (χ0v) is 10.8. The predicted molar refractivity (Wildman–Crippen MR) is 48.6 cm³/mol. The molecule has 0 aliphatic carbocycles. The molecular formula is C10H11CrNO5. The molecule has 0 bridgehead atoms. The molecule has 0 fully saturated rings. The summed E-state index contributed by atoms with van der Waals surface area (Å²) >= 11 is 2.88. The molecule has 0 unspecified atom stereocenters. The molecule has 0 rings (SSSR count). The van der Waals surface area contributed by atoms with E-state index >= 15 is 0 Å². The molecule has 0 radical (unpaired) electrons. The van der Waals surface area contributed by atoms with Gasteiger partial charge in [-0.05, 0) is 0 Å². The molecule has 92 valence electrons. The van der Waals surface area contributed by atoms with Gasteiger partial charge in [0, 0.05) is 0 Å². The van der Waals surface area contributed by atoms with Crippen molar-refractivity contribution in [3.63, 3.8) is 0 Å². The van der Waals surface area contributed by atoms with E-state index in [0.717, 1.165) is 4.50 Å². The molecule has 6 nitrogen and oxygen atoms in total. The van der Waals surface area contributed by atoms with Gasteiger partial charge in [-0.15, -0.1) is 0 Å². The molecule has 0 spiro atoms. The van der Waals surface area contributed by atoms with E-state index < -0.39 is 0 Å². The van der Waals surface area contributed by atoms with Crippen LogP contribution < -0.4 is 5.32 Å². The van der Waals surface area contributed by atoms with Crippen LogP contribution in [0, 0.1) is 33.3 Å². The topological polar surface area (TPSA) is 112 Å². The standard InChI is InChI=1S/C5H11N.5CO.Cr/c1-4-6-5(2)3;5*1-2;/h5-6H,1-3H3;;;;;;. The summed E-state index contributed by atoms with van der Waals surface area (Å²) < 4.78 is 38.7. The average Bonchev–Trinajstić information content (AvgIpc) is 2.40. The molecule has 1 N–H and O–H groups in total. The SMILES string of the molecule is C[C](=[Cr])NC(C)C.[C-]#[O+].[C-]#[O+].[C-]#[O+].[C-]#[O+].[C-]#[O+]. The molecule has 0 atom stereocenters. The molecule has 17 heavy (non-hydrogen) atoms. The fraction of sp³-hybridized carbons (Fsp3) is 0.400. The molecule has 0 aromatic heterocycles. The Morgan fingerprint density at radius 1 is 0.824 bits per heavy atom. The van der Waals surface area contributed by atoms with Gasteiger partial charge >= 0.3 is 109 Å². The normalized spacial score (nSPS) is 4.59. The predicted octanol–water partition coefficient (Wildman–Crippen LogP) is 0.493. The number of hydrogen-bond acceptors (Lipinski definition) is 1. The average molecular weight is 277 g/mol. The van der Waals surface area contributed by atoms with Gasteiger partial charge in [0.25, 0.3) is 0 Å². The maximum absolute atomic E-state index is 7.50. The van der Waals surface area contributed by atoms with E-state index in [4.69, 9.17) is 23.3 Å². The summed E-state index contributed by atoms with van der Waals surface area (Å²) in [6.07, 6.45) is 0. The van der Waals surface area contributed by atoms with Crippen LogP contribution in [-0.4, -0.2) is 10.5 Å². The van der Waals surface area contributed by atoms with Crippen LogP contribution in [0.2, 0.25) is 0 Å². The Hall–Kier alpha value is -0.938. The Morgan fingerprint density at radius 3 is 1.00 bits per heavy atom. The van der Waals surface area contributed by atoms with Crippen LogP contribution in [0.3, 0.4) is 0 Å². The van der Waals surface area contributed by atoms with E-state index in [0.29, 0.717) is 6.04 Å². The third kappa shape index (κ3) is 274. The van der Waals surface area contributed by atoms with E-state index in [9.17, 15) is 0 Å². The van der Waals surface area contributed by atoms with E-state index in [1.54, 1.807) is 0 Å². The summed E-state index contributed by atoms with van der Waals surface area (Å²) in [5.74, 6) is 0. The van der Waals surface area contributed by atoms with Crippen molar-refractivity contribution in [1.29, 1.82) is 0 Å². The summed E-state index contributed by atoms with van der Waals surface area (Å²) in [6.45, 7) is 28.7. The first kappa shape index (κ1) is 36.0. The van der Waals surface area contributed by atoms with Crippen molar-refractivity contribution < 1.29 is 39.1 Å².